The van der Waals surface area contributed by atoms with E-state index in [4.69, 9.17) is 0 Å². The molecular formula is C14H8BrN3O3S. The molecule has 3 heterocycles. The van der Waals surface area contributed by atoms with Gasteiger partial charge in [0.05, 0.1) is 11.9 Å². The number of rotatable bonds is 2. The van der Waals surface area contributed by atoms with Gasteiger partial charge < -0.3 is 0 Å². The second-order valence-corrected chi connectivity index (χ2v) is 6.19. The van der Waals surface area contributed by atoms with Gasteiger partial charge in [0.25, 0.3) is 11.8 Å². The fourth-order valence-corrected chi connectivity index (χ4v) is 3.30. The van der Waals surface area contributed by atoms with Crippen molar-refractivity contribution in [1.29, 1.82) is 0 Å². The zero-order chi connectivity index (χ0) is 15.7. The second-order valence-electron chi connectivity index (χ2n) is 4.34. The van der Waals surface area contributed by atoms with Gasteiger partial charge >= 0.3 is 6.03 Å². The topological polar surface area (TPSA) is 79.4 Å². The summed E-state index contributed by atoms with van der Waals surface area (Å²) in [7, 11) is 0. The highest BCUT2D eigenvalue weighted by molar-refractivity contribution is 9.10. The Bertz CT molecular complexity index is 801. The van der Waals surface area contributed by atoms with Crippen LogP contribution >= 0.6 is 27.3 Å². The number of thiophene rings is 1. The van der Waals surface area contributed by atoms with Crippen LogP contribution in [0.5, 0.6) is 0 Å². The third-order valence-electron chi connectivity index (χ3n) is 2.88. The van der Waals surface area contributed by atoms with E-state index in [1.165, 1.54) is 29.8 Å². The van der Waals surface area contributed by atoms with Gasteiger partial charge in [-0.05, 0) is 40.2 Å². The summed E-state index contributed by atoms with van der Waals surface area (Å²) in [6.45, 7) is 0. The largest absolute Gasteiger partial charge is 0.336 e. The van der Waals surface area contributed by atoms with Gasteiger partial charge in [-0.1, -0.05) is 0 Å². The van der Waals surface area contributed by atoms with Gasteiger partial charge in [-0.25, -0.2) is 9.69 Å². The number of amides is 4. The van der Waals surface area contributed by atoms with E-state index in [0.717, 1.165) is 14.2 Å². The van der Waals surface area contributed by atoms with Crippen LogP contribution in [0.1, 0.15) is 4.88 Å². The fourth-order valence-electron chi connectivity index (χ4n) is 1.92. The smallest absolute Gasteiger partial charge is 0.273 e. The van der Waals surface area contributed by atoms with Gasteiger partial charge in [0.15, 0.2) is 0 Å². The fraction of sp³-hybridized carbons (Fsp3) is 0. The number of imide groups is 2. The Kier molecular flexibility index (Phi) is 3.86. The highest BCUT2D eigenvalue weighted by Crippen LogP contribution is 2.25. The van der Waals surface area contributed by atoms with E-state index in [1.54, 1.807) is 18.2 Å². The number of carbonyl (C=O) groups excluding carboxylic acids is 3. The van der Waals surface area contributed by atoms with Crippen LogP contribution in [0.2, 0.25) is 0 Å². The summed E-state index contributed by atoms with van der Waals surface area (Å²) in [4.78, 5) is 41.9. The monoisotopic (exact) mass is 377 g/mol. The van der Waals surface area contributed by atoms with E-state index in [0.29, 0.717) is 5.69 Å². The molecule has 0 bridgehead atoms. The predicted octanol–water partition coefficient (Wildman–Crippen LogP) is 2.57. The number of pyridine rings is 1. The summed E-state index contributed by atoms with van der Waals surface area (Å²) >= 11 is 4.68. The number of halogens is 1. The Morgan fingerprint density at radius 2 is 2.14 bits per heavy atom. The molecule has 1 aliphatic rings. The van der Waals surface area contributed by atoms with Gasteiger partial charge in [0.2, 0.25) is 0 Å². The second kappa shape index (κ2) is 5.82. The number of nitrogens with one attached hydrogen (secondary N) is 1. The average Bonchev–Trinajstić information content (AvgIpc) is 2.90. The molecule has 0 unspecified atom stereocenters. The van der Waals surface area contributed by atoms with E-state index in [-0.39, 0.29) is 5.57 Å². The maximum atomic E-state index is 12.5. The number of anilines is 1. The van der Waals surface area contributed by atoms with Crippen molar-refractivity contribution in [2.75, 3.05) is 4.90 Å². The summed E-state index contributed by atoms with van der Waals surface area (Å²) in [5.41, 5.74) is 0.202. The molecule has 0 aromatic carbocycles. The first-order valence-corrected chi connectivity index (χ1v) is 7.79. The Balaban J connectivity index is 2.01. The quantitative estimate of drug-likeness (QED) is 0.644. The lowest BCUT2D eigenvalue weighted by Crippen LogP contribution is -2.54. The van der Waals surface area contributed by atoms with Gasteiger partial charge in [-0.15, -0.1) is 11.3 Å². The summed E-state index contributed by atoms with van der Waals surface area (Å²) in [6, 6.07) is 4.17. The lowest BCUT2D eigenvalue weighted by Gasteiger charge is -2.25. The number of urea groups is 1. The lowest BCUT2D eigenvalue weighted by atomic mass is 10.1. The molecule has 1 N–H and O–H groups in total. The van der Waals surface area contributed by atoms with Crippen LogP contribution in [0.25, 0.3) is 6.08 Å². The SMILES string of the molecule is O=C1NC(=O)N(c2cccnc2)C(=O)/C1=C/c1cc(Br)cs1. The molecule has 110 valence electrons. The average molecular weight is 378 g/mol. The Labute approximate surface area is 137 Å². The number of barbiturate groups is 1. The molecule has 6 nitrogen and oxygen atoms in total. The Morgan fingerprint density at radius 3 is 2.77 bits per heavy atom. The number of hydrogen-bond donors (Lipinski definition) is 1. The Morgan fingerprint density at radius 1 is 1.32 bits per heavy atom. The molecule has 1 aliphatic heterocycles. The van der Waals surface area contributed by atoms with Crippen molar-refractivity contribution in [1.82, 2.24) is 10.3 Å². The van der Waals surface area contributed by atoms with Crippen molar-refractivity contribution in [3.63, 3.8) is 0 Å². The molecule has 0 spiro atoms. The highest BCUT2D eigenvalue weighted by atomic mass is 79.9. The molecule has 3 rings (SSSR count). The van der Waals surface area contributed by atoms with Crippen molar-refractivity contribution in [2.24, 2.45) is 0 Å². The van der Waals surface area contributed by atoms with E-state index in [1.807, 2.05) is 5.38 Å². The Hall–Kier alpha value is -2.32. The molecule has 2 aromatic heterocycles. The first-order valence-electron chi connectivity index (χ1n) is 6.12. The molecule has 0 saturated carbocycles. The maximum absolute atomic E-state index is 12.5. The lowest BCUT2D eigenvalue weighted by molar-refractivity contribution is -0.122. The summed E-state index contributed by atoms with van der Waals surface area (Å²) in [6.07, 6.45) is 4.37. The molecule has 2 aromatic rings. The van der Waals surface area contributed by atoms with Crippen molar-refractivity contribution in [2.45, 2.75) is 0 Å². The van der Waals surface area contributed by atoms with Crippen LogP contribution in [0.3, 0.4) is 0 Å². The highest BCUT2D eigenvalue weighted by Gasteiger charge is 2.36. The summed E-state index contributed by atoms with van der Waals surface area (Å²) < 4.78 is 0.855. The third kappa shape index (κ3) is 2.70. The van der Waals surface area contributed by atoms with Crippen molar-refractivity contribution >= 4 is 56.9 Å². The van der Waals surface area contributed by atoms with Crippen LogP contribution in [-0.4, -0.2) is 22.8 Å². The number of nitrogens with zero attached hydrogens (tertiary/aromatic N) is 2. The van der Waals surface area contributed by atoms with Crippen LogP contribution in [0, 0.1) is 0 Å². The van der Waals surface area contributed by atoms with Crippen LogP contribution in [0.15, 0.2) is 46.0 Å². The van der Waals surface area contributed by atoms with Crippen molar-refractivity contribution in [3.8, 4) is 0 Å². The predicted molar refractivity (Wildman–Crippen MR) is 85.3 cm³/mol. The van der Waals surface area contributed by atoms with Crippen LogP contribution in [-0.2, 0) is 9.59 Å². The third-order valence-corrected chi connectivity index (χ3v) is 4.52. The van der Waals surface area contributed by atoms with Gasteiger partial charge in [0, 0.05) is 20.9 Å². The molecule has 8 heteroatoms. The molecule has 1 saturated heterocycles. The normalized spacial score (nSPS) is 17.0. The van der Waals surface area contributed by atoms with E-state index in [9.17, 15) is 14.4 Å². The van der Waals surface area contributed by atoms with Crippen LogP contribution in [0.4, 0.5) is 10.5 Å². The van der Waals surface area contributed by atoms with Gasteiger partial charge in [-0.2, -0.15) is 0 Å². The number of aromatic nitrogens is 1. The zero-order valence-electron chi connectivity index (χ0n) is 10.9. The van der Waals surface area contributed by atoms with Gasteiger partial charge in [0.1, 0.15) is 5.57 Å². The molecular weight excluding hydrogens is 370 g/mol. The van der Waals surface area contributed by atoms with E-state index < -0.39 is 17.8 Å². The number of carbonyl (C=O) groups is 3. The standard InChI is InChI=1S/C14H8BrN3O3S/c15-8-4-10(22-7-8)5-11-12(19)17-14(21)18(13(11)20)9-2-1-3-16-6-9/h1-7H,(H,17,19,21)/b11-5+. The number of hydrogen-bond acceptors (Lipinski definition) is 5. The molecule has 0 atom stereocenters. The summed E-state index contributed by atoms with van der Waals surface area (Å²) in [5, 5.41) is 3.99. The minimum atomic E-state index is -0.785. The molecule has 0 radical (unpaired) electrons. The molecule has 1 fully saturated rings. The van der Waals surface area contributed by atoms with Crippen LogP contribution < -0.4 is 10.2 Å². The minimum absolute atomic E-state index is 0.0993. The van der Waals surface area contributed by atoms with E-state index in [2.05, 4.69) is 26.2 Å². The first kappa shape index (κ1) is 14.6. The zero-order valence-corrected chi connectivity index (χ0v) is 13.3. The van der Waals surface area contributed by atoms with Crippen molar-refractivity contribution < 1.29 is 14.4 Å². The first-order chi connectivity index (χ1) is 10.6. The van der Waals surface area contributed by atoms with E-state index >= 15 is 0 Å². The minimum Gasteiger partial charge on any atom is -0.273 e. The molecule has 22 heavy (non-hydrogen) atoms. The van der Waals surface area contributed by atoms with Crippen molar-refractivity contribution in [3.05, 3.63) is 50.9 Å². The molecule has 0 aliphatic carbocycles. The summed E-state index contributed by atoms with van der Waals surface area (Å²) in [5.74, 6) is -1.38. The maximum Gasteiger partial charge on any atom is 0.336 e. The van der Waals surface area contributed by atoms with Gasteiger partial charge in [-0.3, -0.25) is 19.9 Å². The molecule has 4 amide bonds.